The maximum atomic E-state index is 12.4. The Kier molecular flexibility index (Phi) is 4.59. The predicted molar refractivity (Wildman–Crippen MR) is 80.5 cm³/mol. The SMILES string of the molecule is CCC(C(=O)Nc1cnn(CC)c1C)n1cc(Br)cn1. The summed E-state index contributed by atoms with van der Waals surface area (Å²) in [4.78, 5) is 12.4. The standard InChI is InChI=1S/C13H18BrN5O/c1-4-12(19-8-10(14)6-15-19)13(20)17-11-7-16-18(5-2)9(11)3/h6-8,12H,4-5H2,1-3H3,(H,17,20). The molecule has 1 unspecified atom stereocenters. The predicted octanol–water partition coefficient (Wildman–Crippen LogP) is 2.76. The van der Waals surface area contributed by atoms with Gasteiger partial charge in [-0.25, -0.2) is 0 Å². The summed E-state index contributed by atoms with van der Waals surface area (Å²) in [6.45, 7) is 6.70. The third-order valence-corrected chi connectivity index (χ3v) is 3.65. The van der Waals surface area contributed by atoms with E-state index in [2.05, 4.69) is 31.4 Å². The number of anilines is 1. The molecule has 0 spiro atoms. The number of hydrogen-bond donors (Lipinski definition) is 1. The highest BCUT2D eigenvalue weighted by molar-refractivity contribution is 9.10. The van der Waals surface area contributed by atoms with Crippen LogP contribution in [0, 0.1) is 6.92 Å². The van der Waals surface area contributed by atoms with Crippen molar-refractivity contribution in [1.82, 2.24) is 19.6 Å². The number of aryl methyl sites for hydroxylation is 1. The molecule has 2 aromatic rings. The lowest BCUT2D eigenvalue weighted by Crippen LogP contribution is -2.26. The van der Waals surface area contributed by atoms with Crippen LogP contribution in [0.5, 0.6) is 0 Å². The van der Waals surface area contributed by atoms with E-state index in [1.165, 1.54) is 0 Å². The Hall–Kier alpha value is -1.63. The van der Waals surface area contributed by atoms with E-state index in [9.17, 15) is 4.79 Å². The van der Waals surface area contributed by atoms with Crippen LogP contribution in [0.2, 0.25) is 0 Å². The van der Waals surface area contributed by atoms with Crippen molar-refractivity contribution in [3.8, 4) is 0 Å². The third kappa shape index (κ3) is 2.92. The molecule has 20 heavy (non-hydrogen) atoms. The smallest absolute Gasteiger partial charge is 0.249 e. The van der Waals surface area contributed by atoms with Gasteiger partial charge in [0.2, 0.25) is 5.91 Å². The zero-order chi connectivity index (χ0) is 14.7. The van der Waals surface area contributed by atoms with Gasteiger partial charge in [0.05, 0.1) is 28.2 Å². The van der Waals surface area contributed by atoms with Crippen molar-refractivity contribution in [2.24, 2.45) is 0 Å². The second kappa shape index (κ2) is 6.21. The number of nitrogens with one attached hydrogen (secondary N) is 1. The van der Waals surface area contributed by atoms with Crippen molar-refractivity contribution in [3.63, 3.8) is 0 Å². The van der Waals surface area contributed by atoms with Crippen LogP contribution in [0.15, 0.2) is 23.1 Å². The Morgan fingerprint density at radius 3 is 2.65 bits per heavy atom. The molecule has 1 N–H and O–H groups in total. The molecule has 0 aliphatic carbocycles. The summed E-state index contributed by atoms with van der Waals surface area (Å²) in [5.74, 6) is -0.0816. The first-order chi connectivity index (χ1) is 9.56. The Labute approximate surface area is 126 Å². The largest absolute Gasteiger partial charge is 0.321 e. The van der Waals surface area contributed by atoms with Gasteiger partial charge < -0.3 is 5.32 Å². The molecule has 0 aliphatic heterocycles. The fraction of sp³-hybridized carbons (Fsp3) is 0.462. The van der Waals surface area contributed by atoms with Gasteiger partial charge >= 0.3 is 0 Å². The van der Waals surface area contributed by atoms with Gasteiger partial charge in [-0.2, -0.15) is 10.2 Å². The lowest BCUT2D eigenvalue weighted by atomic mass is 10.2. The lowest BCUT2D eigenvalue weighted by molar-refractivity contribution is -0.119. The summed E-state index contributed by atoms with van der Waals surface area (Å²) >= 11 is 3.34. The number of amides is 1. The minimum absolute atomic E-state index is 0.0816. The molecule has 2 heterocycles. The molecule has 1 amide bonds. The molecule has 1 atom stereocenters. The van der Waals surface area contributed by atoms with Gasteiger partial charge in [0, 0.05) is 12.7 Å². The first-order valence-corrected chi connectivity index (χ1v) is 7.39. The second-order valence-electron chi connectivity index (χ2n) is 4.51. The number of carbonyl (C=O) groups excluding carboxylic acids is 1. The molecule has 0 fully saturated rings. The van der Waals surface area contributed by atoms with Gasteiger partial charge in [0.1, 0.15) is 6.04 Å². The molecular weight excluding hydrogens is 322 g/mol. The minimum atomic E-state index is -0.328. The Morgan fingerprint density at radius 2 is 2.15 bits per heavy atom. The topological polar surface area (TPSA) is 64.7 Å². The Bertz CT molecular complexity index is 604. The van der Waals surface area contributed by atoms with E-state index in [1.807, 2.05) is 25.5 Å². The van der Waals surface area contributed by atoms with Crippen molar-refractivity contribution in [2.75, 3.05) is 5.32 Å². The molecule has 2 aromatic heterocycles. The van der Waals surface area contributed by atoms with Crippen LogP contribution in [0.3, 0.4) is 0 Å². The highest BCUT2D eigenvalue weighted by atomic mass is 79.9. The molecule has 0 bridgehead atoms. The van der Waals surface area contributed by atoms with E-state index < -0.39 is 0 Å². The van der Waals surface area contributed by atoms with Crippen LogP contribution in [-0.2, 0) is 11.3 Å². The van der Waals surface area contributed by atoms with Gasteiger partial charge in [-0.1, -0.05) is 6.92 Å². The maximum Gasteiger partial charge on any atom is 0.249 e. The Morgan fingerprint density at radius 1 is 1.40 bits per heavy atom. The van der Waals surface area contributed by atoms with Gasteiger partial charge in [0.25, 0.3) is 0 Å². The molecular formula is C13H18BrN5O. The first kappa shape index (κ1) is 14.8. The van der Waals surface area contributed by atoms with Gasteiger partial charge in [-0.3, -0.25) is 14.2 Å². The summed E-state index contributed by atoms with van der Waals surface area (Å²) in [6.07, 6.45) is 5.83. The molecule has 0 saturated carbocycles. The van der Waals surface area contributed by atoms with Crippen molar-refractivity contribution in [3.05, 3.63) is 28.8 Å². The van der Waals surface area contributed by atoms with Crippen molar-refractivity contribution >= 4 is 27.5 Å². The number of nitrogens with zero attached hydrogens (tertiary/aromatic N) is 4. The van der Waals surface area contributed by atoms with Crippen LogP contribution in [0.4, 0.5) is 5.69 Å². The maximum absolute atomic E-state index is 12.4. The zero-order valence-electron chi connectivity index (χ0n) is 11.8. The van der Waals surface area contributed by atoms with Gasteiger partial charge in [-0.05, 0) is 36.2 Å². The van der Waals surface area contributed by atoms with Crippen LogP contribution >= 0.6 is 15.9 Å². The number of hydrogen-bond acceptors (Lipinski definition) is 3. The van der Waals surface area contributed by atoms with E-state index in [-0.39, 0.29) is 11.9 Å². The molecule has 6 nitrogen and oxygen atoms in total. The Balaban J connectivity index is 2.15. The highest BCUT2D eigenvalue weighted by Gasteiger charge is 2.20. The number of rotatable bonds is 5. The number of halogens is 1. The van der Waals surface area contributed by atoms with E-state index in [0.717, 1.165) is 22.4 Å². The average Bonchev–Trinajstić information content (AvgIpc) is 2.98. The number of aromatic nitrogens is 4. The monoisotopic (exact) mass is 339 g/mol. The van der Waals surface area contributed by atoms with E-state index in [1.54, 1.807) is 23.3 Å². The summed E-state index contributed by atoms with van der Waals surface area (Å²) in [5, 5.41) is 11.3. The molecule has 2 rings (SSSR count). The van der Waals surface area contributed by atoms with E-state index >= 15 is 0 Å². The van der Waals surface area contributed by atoms with Gasteiger partial charge in [-0.15, -0.1) is 0 Å². The van der Waals surface area contributed by atoms with Crippen molar-refractivity contribution in [1.29, 1.82) is 0 Å². The van der Waals surface area contributed by atoms with E-state index in [0.29, 0.717) is 6.42 Å². The van der Waals surface area contributed by atoms with Crippen molar-refractivity contribution in [2.45, 2.75) is 39.8 Å². The first-order valence-electron chi connectivity index (χ1n) is 6.59. The van der Waals surface area contributed by atoms with Crippen LogP contribution < -0.4 is 5.32 Å². The fourth-order valence-corrected chi connectivity index (χ4v) is 2.38. The molecule has 0 radical (unpaired) electrons. The molecule has 0 aliphatic rings. The average molecular weight is 340 g/mol. The normalized spacial score (nSPS) is 12.4. The van der Waals surface area contributed by atoms with Crippen LogP contribution in [-0.4, -0.2) is 25.5 Å². The van der Waals surface area contributed by atoms with Crippen LogP contribution in [0.1, 0.15) is 32.0 Å². The second-order valence-corrected chi connectivity index (χ2v) is 5.43. The molecule has 0 aromatic carbocycles. The quantitative estimate of drug-likeness (QED) is 0.910. The molecule has 108 valence electrons. The summed E-state index contributed by atoms with van der Waals surface area (Å²) in [5.41, 5.74) is 1.71. The van der Waals surface area contributed by atoms with Crippen LogP contribution in [0.25, 0.3) is 0 Å². The summed E-state index contributed by atoms with van der Waals surface area (Å²) < 4.78 is 4.37. The zero-order valence-corrected chi connectivity index (χ0v) is 13.4. The minimum Gasteiger partial charge on any atom is -0.321 e. The lowest BCUT2D eigenvalue weighted by Gasteiger charge is -2.15. The third-order valence-electron chi connectivity index (χ3n) is 3.24. The van der Waals surface area contributed by atoms with Crippen molar-refractivity contribution < 1.29 is 4.79 Å². The van der Waals surface area contributed by atoms with E-state index in [4.69, 9.17) is 0 Å². The highest BCUT2D eigenvalue weighted by Crippen LogP contribution is 2.19. The molecule has 0 saturated heterocycles. The molecule has 7 heteroatoms. The number of carbonyl (C=O) groups is 1. The summed E-state index contributed by atoms with van der Waals surface area (Å²) in [7, 11) is 0. The summed E-state index contributed by atoms with van der Waals surface area (Å²) in [6, 6.07) is -0.328. The fourth-order valence-electron chi connectivity index (χ4n) is 2.08. The van der Waals surface area contributed by atoms with Gasteiger partial charge in [0.15, 0.2) is 0 Å².